The second-order valence-corrected chi connectivity index (χ2v) is 25.0. The number of aryl methyl sites for hydroxylation is 1. The molecule has 0 N–H and O–H groups in total. The second kappa shape index (κ2) is 17.6. The zero-order valence-corrected chi connectivity index (χ0v) is 45.4. The highest BCUT2D eigenvalue weighted by molar-refractivity contribution is 7.00. The van der Waals surface area contributed by atoms with E-state index in [1.165, 1.54) is 89.0 Å². The Balaban J connectivity index is 1.23. The van der Waals surface area contributed by atoms with Crippen LogP contribution < -0.4 is 35.7 Å². The van der Waals surface area contributed by atoms with Crippen LogP contribution in [0.5, 0.6) is 11.5 Å². The molecular weight excluding hydrogens is 888 g/mol. The summed E-state index contributed by atoms with van der Waals surface area (Å²) in [6.45, 7) is 31.0. The molecule has 0 bridgehead atoms. The summed E-state index contributed by atoms with van der Waals surface area (Å²) >= 11 is 0. The zero-order chi connectivity index (χ0) is 51.4. The molecular formula is C68H71BN2O2. The fourth-order valence-corrected chi connectivity index (χ4v) is 11.3. The standard InChI is InChI=1S/C68H71BN2O2/c1-43-36-59-62-60(37-43)71(57-31-28-51(67(8,9)10)41-54(57)46-18-15-14-16-19-46)63-55(30-33-61-64(63)73-35-17-34-72-61)69(62)56-42-52(68(11,12)13)29-32-58(56)70(59)53-39-47(44-20-24-49(25-21-44)65(2,3)4)38-48(40-53)45-22-26-50(27-23-45)66(5,6)7/h14-16,18-33,36-42H,17,34-35H2,1-13H3. The molecule has 8 aromatic rings. The number of fused-ring (bicyclic) bond motifs is 6. The van der Waals surface area contributed by atoms with Crippen LogP contribution in [0.3, 0.4) is 0 Å². The molecule has 0 spiro atoms. The highest BCUT2D eigenvalue weighted by atomic mass is 16.5. The van der Waals surface area contributed by atoms with E-state index < -0.39 is 0 Å². The smallest absolute Gasteiger partial charge is 0.252 e. The molecule has 11 rings (SSSR count). The molecule has 4 nitrogen and oxygen atoms in total. The van der Waals surface area contributed by atoms with Crippen molar-refractivity contribution in [2.24, 2.45) is 0 Å². The number of nitrogens with zero attached hydrogens (tertiary/aromatic N) is 2. The maximum atomic E-state index is 6.95. The first-order chi connectivity index (χ1) is 34.6. The quantitative estimate of drug-likeness (QED) is 0.161. The molecule has 73 heavy (non-hydrogen) atoms. The summed E-state index contributed by atoms with van der Waals surface area (Å²) in [4.78, 5) is 5.11. The molecule has 8 aromatic carbocycles. The minimum Gasteiger partial charge on any atom is -0.489 e. The van der Waals surface area contributed by atoms with E-state index >= 15 is 0 Å². The Bertz CT molecular complexity index is 3340. The normalized spacial score (nSPS) is 14.3. The SMILES string of the molecule is Cc1cc2c3c(c1)N(c1ccc(C(C)(C)C)cc1-c1ccccc1)c1c(ccc4c1OCCCO4)B3c1cc(C(C)(C)C)ccc1N2c1cc(-c2ccc(C(C)(C)C)cc2)cc(-c2ccc(C(C)(C)C)cc2)c1. The van der Waals surface area contributed by atoms with Crippen LogP contribution in [0.2, 0.25) is 0 Å². The molecule has 0 amide bonds. The fourth-order valence-electron chi connectivity index (χ4n) is 11.3. The van der Waals surface area contributed by atoms with E-state index in [0.29, 0.717) is 13.2 Å². The number of ether oxygens (including phenoxy) is 2. The van der Waals surface area contributed by atoms with Gasteiger partial charge in [0.25, 0.3) is 6.71 Å². The summed E-state index contributed by atoms with van der Waals surface area (Å²) in [6, 6.07) is 60.4. The van der Waals surface area contributed by atoms with Crippen molar-refractivity contribution in [2.75, 3.05) is 23.0 Å². The topological polar surface area (TPSA) is 24.9 Å². The fraction of sp³-hybridized carbons (Fsp3) is 0.294. The highest BCUT2D eigenvalue weighted by Crippen LogP contribution is 2.53. The lowest BCUT2D eigenvalue weighted by molar-refractivity contribution is 0.297. The van der Waals surface area contributed by atoms with E-state index in [1.54, 1.807) is 0 Å². The molecule has 0 aromatic heterocycles. The van der Waals surface area contributed by atoms with Gasteiger partial charge >= 0.3 is 0 Å². The maximum absolute atomic E-state index is 6.95. The summed E-state index contributed by atoms with van der Waals surface area (Å²) in [5, 5.41) is 0. The van der Waals surface area contributed by atoms with Crippen molar-refractivity contribution in [1.82, 2.24) is 0 Å². The third-order valence-corrected chi connectivity index (χ3v) is 15.5. The monoisotopic (exact) mass is 959 g/mol. The molecule has 5 heteroatoms. The molecule has 0 fully saturated rings. The van der Waals surface area contributed by atoms with Crippen molar-refractivity contribution in [1.29, 1.82) is 0 Å². The van der Waals surface area contributed by atoms with E-state index in [-0.39, 0.29) is 28.4 Å². The van der Waals surface area contributed by atoms with Gasteiger partial charge in [0.2, 0.25) is 0 Å². The number of anilines is 6. The summed E-state index contributed by atoms with van der Waals surface area (Å²) < 4.78 is 13.5. The molecule has 0 saturated heterocycles. The van der Waals surface area contributed by atoms with Gasteiger partial charge in [-0.1, -0.05) is 186 Å². The van der Waals surface area contributed by atoms with Crippen molar-refractivity contribution in [3.63, 3.8) is 0 Å². The first-order valence-corrected chi connectivity index (χ1v) is 26.5. The van der Waals surface area contributed by atoms with Gasteiger partial charge in [0, 0.05) is 34.7 Å². The Morgan fingerprint density at radius 1 is 0.411 bits per heavy atom. The van der Waals surface area contributed by atoms with E-state index in [2.05, 4.69) is 258 Å². The Labute approximate surface area is 436 Å². The lowest BCUT2D eigenvalue weighted by atomic mass is 9.33. The van der Waals surface area contributed by atoms with Crippen LogP contribution in [0, 0.1) is 6.92 Å². The molecule has 0 unspecified atom stereocenters. The molecule has 0 aliphatic carbocycles. The molecule has 3 heterocycles. The van der Waals surface area contributed by atoms with Gasteiger partial charge in [-0.2, -0.15) is 0 Å². The van der Waals surface area contributed by atoms with Gasteiger partial charge in [-0.15, -0.1) is 0 Å². The summed E-state index contributed by atoms with van der Waals surface area (Å²) in [5.74, 6) is 1.60. The number of hydrogen-bond acceptors (Lipinski definition) is 4. The van der Waals surface area contributed by atoms with Gasteiger partial charge < -0.3 is 19.3 Å². The molecule has 0 atom stereocenters. The van der Waals surface area contributed by atoms with Gasteiger partial charge in [0.1, 0.15) is 0 Å². The molecule has 0 saturated carbocycles. The largest absolute Gasteiger partial charge is 0.489 e. The van der Waals surface area contributed by atoms with Crippen molar-refractivity contribution >= 4 is 57.2 Å². The van der Waals surface area contributed by atoms with Crippen LogP contribution in [-0.2, 0) is 21.7 Å². The van der Waals surface area contributed by atoms with Gasteiger partial charge in [-0.25, -0.2) is 0 Å². The lowest BCUT2D eigenvalue weighted by Gasteiger charge is -2.45. The van der Waals surface area contributed by atoms with Crippen LogP contribution >= 0.6 is 0 Å². The number of rotatable bonds is 5. The number of hydrogen-bond donors (Lipinski definition) is 0. The average Bonchev–Trinajstić information content (AvgIpc) is 3.61. The number of benzene rings is 8. The van der Waals surface area contributed by atoms with Crippen molar-refractivity contribution < 1.29 is 9.47 Å². The lowest BCUT2D eigenvalue weighted by Crippen LogP contribution is -2.61. The van der Waals surface area contributed by atoms with E-state index in [9.17, 15) is 0 Å². The molecule has 3 aliphatic rings. The van der Waals surface area contributed by atoms with Gasteiger partial charge in [-0.3, -0.25) is 0 Å². The predicted molar refractivity (Wildman–Crippen MR) is 312 cm³/mol. The Hall–Kier alpha value is -6.98. The summed E-state index contributed by atoms with van der Waals surface area (Å²) in [6.07, 6.45) is 0.817. The van der Waals surface area contributed by atoms with Gasteiger partial charge in [0.15, 0.2) is 11.5 Å². The average molecular weight is 959 g/mol. The molecule has 3 aliphatic heterocycles. The molecule has 368 valence electrons. The summed E-state index contributed by atoms with van der Waals surface area (Å²) in [5.41, 5.74) is 24.0. The second-order valence-electron chi connectivity index (χ2n) is 25.0. The first-order valence-electron chi connectivity index (χ1n) is 26.5. The van der Waals surface area contributed by atoms with Crippen LogP contribution in [0.1, 0.15) is 117 Å². The van der Waals surface area contributed by atoms with Crippen LogP contribution in [-0.4, -0.2) is 19.9 Å². The summed E-state index contributed by atoms with van der Waals surface area (Å²) in [7, 11) is 0. The van der Waals surface area contributed by atoms with Gasteiger partial charge in [0.05, 0.1) is 24.6 Å². The van der Waals surface area contributed by atoms with Crippen molar-refractivity contribution in [3.8, 4) is 44.9 Å². The minimum absolute atomic E-state index is 0.0468. The zero-order valence-electron chi connectivity index (χ0n) is 45.4. The highest BCUT2D eigenvalue weighted by Gasteiger charge is 2.46. The third kappa shape index (κ3) is 8.73. The van der Waals surface area contributed by atoms with E-state index in [4.69, 9.17) is 9.47 Å². The minimum atomic E-state index is -0.103. The molecule has 0 radical (unpaired) electrons. The first kappa shape index (κ1) is 48.3. The third-order valence-electron chi connectivity index (χ3n) is 15.5. The Kier molecular flexibility index (Phi) is 11.7. The Morgan fingerprint density at radius 3 is 1.51 bits per heavy atom. The van der Waals surface area contributed by atoms with Crippen LogP contribution in [0.25, 0.3) is 33.4 Å². The predicted octanol–water partition coefficient (Wildman–Crippen LogP) is 16.4. The van der Waals surface area contributed by atoms with Crippen molar-refractivity contribution in [3.05, 3.63) is 186 Å². The maximum Gasteiger partial charge on any atom is 0.252 e. The van der Waals surface area contributed by atoms with Gasteiger partial charge in [-0.05, 0) is 155 Å². The van der Waals surface area contributed by atoms with Crippen LogP contribution in [0.4, 0.5) is 34.1 Å². The van der Waals surface area contributed by atoms with E-state index in [0.717, 1.165) is 40.7 Å². The van der Waals surface area contributed by atoms with E-state index in [1.807, 2.05) is 0 Å². The Morgan fingerprint density at radius 2 is 0.932 bits per heavy atom. The van der Waals surface area contributed by atoms with Crippen LogP contribution in [0.15, 0.2) is 158 Å². The van der Waals surface area contributed by atoms with Crippen molar-refractivity contribution in [2.45, 2.75) is 118 Å².